The highest BCUT2D eigenvalue weighted by Gasteiger charge is 2.31. The smallest absolute Gasteiger partial charge is 0.286 e. The van der Waals surface area contributed by atoms with E-state index in [0.29, 0.717) is 6.42 Å². The van der Waals surface area contributed by atoms with Gasteiger partial charge in [-0.2, -0.15) is 0 Å². The standard InChI is InChI=1S/C27H21NO2S/c29-26-25(31-27(30)28-26)17-18-11-13-20(14-12-18)22-8-3-5-19(15-22)16-23-9-4-7-21-6-1-2-10-24(21)23/h1-15,25H,16-17H2,(H,28,29,30). The predicted molar refractivity (Wildman–Crippen MR) is 127 cm³/mol. The highest BCUT2D eigenvalue weighted by atomic mass is 32.2. The highest BCUT2D eigenvalue weighted by molar-refractivity contribution is 8.15. The molecule has 1 aliphatic rings. The van der Waals surface area contributed by atoms with Crippen molar-refractivity contribution in [3.8, 4) is 11.1 Å². The average Bonchev–Trinajstić information content (AvgIpc) is 3.11. The maximum atomic E-state index is 11.8. The third-order valence-corrected chi connectivity index (χ3v) is 6.66. The van der Waals surface area contributed by atoms with Gasteiger partial charge in [0.15, 0.2) is 0 Å². The monoisotopic (exact) mass is 423 g/mol. The van der Waals surface area contributed by atoms with Gasteiger partial charge in [0.2, 0.25) is 5.91 Å². The van der Waals surface area contributed by atoms with Crippen LogP contribution in [0.5, 0.6) is 0 Å². The molecule has 0 saturated carbocycles. The lowest BCUT2D eigenvalue weighted by molar-refractivity contribution is -0.118. The van der Waals surface area contributed by atoms with Crippen molar-refractivity contribution in [3.05, 3.63) is 108 Å². The zero-order chi connectivity index (χ0) is 21.2. The Labute approximate surface area is 185 Å². The summed E-state index contributed by atoms with van der Waals surface area (Å²) in [5.74, 6) is -0.194. The van der Waals surface area contributed by atoms with Gasteiger partial charge < -0.3 is 0 Å². The van der Waals surface area contributed by atoms with Crippen molar-refractivity contribution in [2.45, 2.75) is 18.1 Å². The van der Waals surface area contributed by atoms with E-state index >= 15 is 0 Å². The third kappa shape index (κ3) is 4.25. The largest absolute Gasteiger partial charge is 0.286 e. The Balaban J connectivity index is 1.35. The van der Waals surface area contributed by atoms with Crippen LogP contribution in [0.25, 0.3) is 21.9 Å². The summed E-state index contributed by atoms with van der Waals surface area (Å²) in [5, 5.41) is 4.32. The van der Waals surface area contributed by atoms with Crippen LogP contribution < -0.4 is 5.32 Å². The molecule has 1 N–H and O–H groups in total. The topological polar surface area (TPSA) is 46.2 Å². The number of hydrogen-bond donors (Lipinski definition) is 1. The SMILES string of the molecule is O=C1NC(=O)C(Cc2ccc(-c3cccc(Cc4cccc5ccccc45)c3)cc2)S1. The number of nitrogens with one attached hydrogen (secondary N) is 1. The average molecular weight is 424 g/mol. The molecule has 5 rings (SSSR count). The second-order valence-electron chi connectivity index (χ2n) is 7.80. The molecule has 1 saturated heterocycles. The second-order valence-corrected chi connectivity index (χ2v) is 8.98. The molecular weight excluding hydrogens is 402 g/mol. The summed E-state index contributed by atoms with van der Waals surface area (Å²) in [4.78, 5) is 23.2. The lowest BCUT2D eigenvalue weighted by atomic mass is 9.95. The van der Waals surface area contributed by atoms with E-state index < -0.39 is 0 Å². The van der Waals surface area contributed by atoms with Gasteiger partial charge in [-0.3, -0.25) is 14.9 Å². The Kier molecular flexibility index (Phi) is 5.31. The van der Waals surface area contributed by atoms with Crippen LogP contribution in [0.4, 0.5) is 4.79 Å². The van der Waals surface area contributed by atoms with E-state index in [-0.39, 0.29) is 16.4 Å². The van der Waals surface area contributed by atoms with E-state index in [1.807, 2.05) is 12.1 Å². The van der Waals surface area contributed by atoms with Crippen molar-refractivity contribution in [1.82, 2.24) is 5.32 Å². The van der Waals surface area contributed by atoms with E-state index in [9.17, 15) is 9.59 Å². The van der Waals surface area contributed by atoms with E-state index in [1.54, 1.807) is 0 Å². The van der Waals surface area contributed by atoms with Crippen molar-refractivity contribution >= 4 is 33.7 Å². The number of carbonyl (C=O) groups excluding carboxylic acids is 2. The quantitative estimate of drug-likeness (QED) is 0.429. The molecule has 1 aliphatic heterocycles. The van der Waals surface area contributed by atoms with E-state index in [1.165, 1.54) is 27.5 Å². The maximum Gasteiger partial charge on any atom is 0.286 e. The number of rotatable bonds is 5. The Morgan fingerprint density at radius 1 is 0.742 bits per heavy atom. The summed E-state index contributed by atoms with van der Waals surface area (Å²) in [6.45, 7) is 0. The number of amides is 2. The number of benzene rings is 4. The molecule has 31 heavy (non-hydrogen) atoms. The summed E-state index contributed by atoms with van der Waals surface area (Å²) in [6, 6.07) is 31.9. The molecule has 1 fully saturated rings. The van der Waals surface area contributed by atoms with Crippen molar-refractivity contribution in [2.75, 3.05) is 0 Å². The van der Waals surface area contributed by atoms with Gasteiger partial charge in [-0.15, -0.1) is 0 Å². The van der Waals surface area contributed by atoms with Gasteiger partial charge in [-0.05, 0) is 51.4 Å². The number of thioether (sulfide) groups is 1. The molecule has 152 valence electrons. The molecule has 0 radical (unpaired) electrons. The summed E-state index contributed by atoms with van der Waals surface area (Å²) < 4.78 is 0. The normalized spacial score (nSPS) is 15.9. The number of fused-ring (bicyclic) bond motifs is 1. The first-order chi connectivity index (χ1) is 15.2. The number of imide groups is 1. The van der Waals surface area contributed by atoms with Crippen molar-refractivity contribution in [3.63, 3.8) is 0 Å². The third-order valence-electron chi connectivity index (χ3n) is 5.68. The Bertz CT molecular complexity index is 1270. The molecule has 4 heteroatoms. The van der Waals surface area contributed by atoms with Crippen molar-refractivity contribution in [2.24, 2.45) is 0 Å². The zero-order valence-corrected chi connectivity index (χ0v) is 17.7. The van der Waals surface area contributed by atoms with Gasteiger partial charge in [0.05, 0.1) is 5.25 Å². The van der Waals surface area contributed by atoms with Gasteiger partial charge >= 0.3 is 0 Å². The molecular formula is C27H21NO2S. The summed E-state index contributed by atoms with van der Waals surface area (Å²) >= 11 is 1.07. The van der Waals surface area contributed by atoms with Gasteiger partial charge in [0, 0.05) is 0 Å². The van der Waals surface area contributed by atoms with E-state index in [0.717, 1.165) is 29.3 Å². The molecule has 1 unspecified atom stereocenters. The first-order valence-electron chi connectivity index (χ1n) is 10.3. The van der Waals surface area contributed by atoms with Gasteiger partial charge in [0.25, 0.3) is 5.24 Å². The fourth-order valence-electron chi connectivity index (χ4n) is 4.10. The fraction of sp³-hybridized carbons (Fsp3) is 0.111. The van der Waals surface area contributed by atoms with Crippen LogP contribution in [-0.4, -0.2) is 16.4 Å². The Hall–Kier alpha value is -3.37. The van der Waals surface area contributed by atoms with Crippen LogP contribution >= 0.6 is 11.8 Å². The second kappa shape index (κ2) is 8.40. The van der Waals surface area contributed by atoms with E-state index in [4.69, 9.17) is 0 Å². The van der Waals surface area contributed by atoms with Gasteiger partial charge in [0.1, 0.15) is 0 Å². The lowest BCUT2D eigenvalue weighted by Gasteiger charge is -2.10. The molecule has 0 aromatic heterocycles. The first kappa shape index (κ1) is 19.6. The van der Waals surface area contributed by atoms with Crippen LogP contribution in [0.2, 0.25) is 0 Å². The van der Waals surface area contributed by atoms with Crippen molar-refractivity contribution in [1.29, 1.82) is 0 Å². The van der Waals surface area contributed by atoms with Gasteiger partial charge in [-0.1, -0.05) is 103 Å². The minimum absolute atomic E-state index is 0.194. The van der Waals surface area contributed by atoms with Crippen LogP contribution in [0.15, 0.2) is 91.0 Å². The summed E-state index contributed by atoms with van der Waals surface area (Å²) in [7, 11) is 0. The molecule has 0 spiro atoms. The molecule has 1 atom stereocenters. The molecule has 2 amide bonds. The molecule has 3 nitrogen and oxygen atoms in total. The lowest BCUT2D eigenvalue weighted by Crippen LogP contribution is -2.25. The summed E-state index contributed by atoms with van der Waals surface area (Å²) in [5.41, 5.74) is 5.97. The van der Waals surface area contributed by atoms with Crippen LogP contribution in [0.3, 0.4) is 0 Å². The highest BCUT2D eigenvalue weighted by Crippen LogP contribution is 2.27. The minimum Gasteiger partial charge on any atom is -0.286 e. The molecule has 1 heterocycles. The molecule has 4 aromatic carbocycles. The number of hydrogen-bond acceptors (Lipinski definition) is 3. The maximum absolute atomic E-state index is 11.8. The molecule has 4 aromatic rings. The molecule has 0 aliphatic carbocycles. The minimum atomic E-state index is -0.331. The van der Waals surface area contributed by atoms with Crippen LogP contribution in [0, 0.1) is 0 Å². The Morgan fingerprint density at radius 3 is 2.32 bits per heavy atom. The summed E-state index contributed by atoms with van der Waals surface area (Å²) in [6.07, 6.45) is 1.44. The number of carbonyl (C=O) groups is 2. The predicted octanol–water partition coefficient (Wildman–Crippen LogP) is 5.99. The van der Waals surface area contributed by atoms with Gasteiger partial charge in [-0.25, -0.2) is 0 Å². The van der Waals surface area contributed by atoms with Crippen LogP contribution in [0.1, 0.15) is 16.7 Å². The Morgan fingerprint density at radius 2 is 1.52 bits per heavy atom. The fourth-order valence-corrected chi connectivity index (χ4v) is 4.96. The van der Waals surface area contributed by atoms with Crippen molar-refractivity contribution < 1.29 is 9.59 Å². The van der Waals surface area contributed by atoms with Crippen LogP contribution in [-0.2, 0) is 17.6 Å². The van der Waals surface area contributed by atoms with E-state index in [2.05, 4.69) is 84.2 Å². The first-order valence-corrected chi connectivity index (χ1v) is 11.2. The zero-order valence-electron chi connectivity index (χ0n) is 16.9. The molecule has 0 bridgehead atoms.